The quantitative estimate of drug-likeness (QED) is 0.535. The summed E-state index contributed by atoms with van der Waals surface area (Å²) in [5.74, 6) is 0. The number of hydrogen-bond acceptors (Lipinski definition) is 0. The Morgan fingerprint density at radius 3 is 1.56 bits per heavy atom. The lowest BCUT2D eigenvalue weighted by Crippen LogP contribution is -2.07. The summed E-state index contributed by atoms with van der Waals surface area (Å²) in [6, 6.07) is 0. The van der Waals surface area contributed by atoms with Crippen LogP contribution in [0.2, 0.25) is 0 Å². The highest BCUT2D eigenvalue weighted by molar-refractivity contribution is 6.39. The van der Waals surface area contributed by atoms with Gasteiger partial charge in [-0.05, 0) is 6.92 Å². The Morgan fingerprint density at radius 2 is 1.56 bits per heavy atom. The highest BCUT2D eigenvalue weighted by Gasteiger charge is 2.33. The number of halogens is 5. The third-order valence-electron chi connectivity index (χ3n) is 0.551. The van der Waals surface area contributed by atoms with Crippen LogP contribution in [0.5, 0.6) is 0 Å². The maximum Gasteiger partial charge on any atom is 0.428 e. The van der Waals surface area contributed by atoms with Crippen LogP contribution in [0.25, 0.3) is 0 Å². The Kier molecular flexibility index (Phi) is 2.83. The molecule has 0 radical (unpaired) electrons. The molecule has 0 nitrogen and oxygen atoms in total. The third-order valence-corrected chi connectivity index (χ3v) is 1.33. The fourth-order valence-electron chi connectivity index (χ4n) is 0.195. The van der Waals surface area contributed by atoms with Gasteiger partial charge in [0.05, 0.1) is 0 Å². The fraction of sp³-hybridized carbons (Fsp3) is 0.500. The predicted octanol–water partition coefficient (Wildman–Crippen LogP) is 3.26. The van der Waals surface area contributed by atoms with Crippen LogP contribution in [-0.2, 0) is 0 Å². The zero-order valence-corrected chi connectivity index (χ0v) is 5.90. The van der Waals surface area contributed by atoms with Crippen LogP contribution < -0.4 is 0 Å². The van der Waals surface area contributed by atoms with Gasteiger partial charge in [-0.1, -0.05) is 23.2 Å². The summed E-state index contributed by atoms with van der Waals surface area (Å²) in [6.07, 6.45) is -4.51. The minimum atomic E-state index is -4.51. The molecular formula is C4H3Cl2F3. The van der Waals surface area contributed by atoms with Crippen molar-refractivity contribution < 1.29 is 13.2 Å². The predicted molar refractivity (Wildman–Crippen MR) is 30.5 cm³/mol. The Balaban J connectivity index is 4.40. The second kappa shape index (κ2) is 2.80. The van der Waals surface area contributed by atoms with Crippen LogP contribution >= 0.6 is 23.2 Å². The van der Waals surface area contributed by atoms with E-state index >= 15 is 0 Å². The second-order valence-corrected chi connectivity index (χ2v) is 2.29. The Hall–Kier alpha value is 0.110. The first-order valence-electron chi connectivity index (χ1n) is 1.94. The molecule has 54 valence electrons. The van der Waals surface area contributed by atoms with E-state index in [1.807, 2.05) is 0 Å². The zero-order chi connectivity index (χ0) is 7.65. The second-order valence-electron chi connectivity index (χ2n) is 1.35. The maximum atomic E-state index is 11.4. The van der Waals surface area contributed by atoms with Gasteiger partial charge < -0.3 is 0 Å². The van der Waals surface area contributed by atoms with E-state index in [0.29, 0.717) is 0 Å². The summed E-state index contributed by atoms with van der Waals surface area (Å²) in [4.78, 5) is 0. The van der Waals surface area contributed by atoms with Crippen molar-refractivity contribution in [3.8, 4) is 0 Å². The molecule has 0 amide bonds. The normalized spacial score (nSPS) is 15.3. The van der Waals surface area contributed by atoms with Gasteiger partial charge in [0.1, 0.15) is 5.03 Å². The van der Waals surface area contributed by atoms with Crippen molar-refractivity contribution in [1.82, 2.24) is 0 Å². The van der Waals surface area contributed by atoms with Crippen molar-refractivity contribution in [2.45, 2.75) is 13.1 Å². The molecule has 0 bridgehead atoms. The van der Waals surface area contributed by atoms with Gasteiger partial charge in [-0.15, -0.1) is 0 Å². The third kappa shape index (κ3) is 2.96. The molecule has 9 heavy (non-hydrogen) atoms. The van der Waals surface area contributed by atoms with Crippen molar-refractivity contribution in [2.24, 2.45) is 0 Å². The molecular weight excluding hydrogens is 176 g/mol. The van der Waals surface area contributed by atoms with Gasteiger partial charge in [-0.2, -0.15) is 13.2 Å². The molecule has 0 aliphatic heterocycles. The molecule has 0 aromatic heterocycles. The summed E-state index contributed by atoms with van der Waals surface area (Å²) in [5, 5.41) is -1.70. The van der Waals surface area contributed by atoms with Gasteiger partial charge in [0.15, 0.2) is 0 Å². The summed E-state index contributed by atoms with van der Waals surface area (Å²) in [5.41, 5.74) is 0. The van der Waals surface area contributed by atoms with E-state index in [1.54, 1.807) is 0 Å². The molecule has 0 unspecified atom stereocenters. The smallest absolute Gasteiger partial charge is 0.165 e. The van der Waals surface area contributed by atoms with E-state index in [2.05, 4.69) is 0 Å². The van der Waals surface area contributed by atoms with Gasteiger partial charge in [-0.3, -0.25) is 0 Å². The Labute approximate surface area is 60.2 Å². The largest absolute Gasteiger partial charge is 0.428 e. The number of rotatable bonds is 0. The highest BCUT2D eigenvalue weighted by Crippen LogP contribution is 2.32. The van der Waals surface area contributed by atoms with Crippen LogP contribution in [0.1, 0.15) is 6.92 Å². The minimum Gasteiger partial charge on any atom is -0.165 e. The summed E-state index contributed by atoms with van der Waals surface area (Å²) < 4.78 is 34.3. The Morgan fingerprint density at radius 1 is 1.22 bits per heavy atom. The zero-order valence-electron chi connectivity index (χ0n) is 4.39. The van der Waals surface area contributed by atoms with E-state index < -0.39 is 16.2 Å². The van der Waals surface area contributed by atoms with E-state index in [-0.39, 0.29) is 0 Å². The van der Waals surface area contributed by atoms with Gasteiger partial charge in [0.2, 0.25) is 0 Å². The lowest BCUT2D eigenvalue weighted by Gasteiger charge is -2.03. The molecule has 0 saturated carbocycles. The molecule has 5 heteroatoms. The standard InChI is InChI=1S/C4H3Cl2F3/c1-2(5)3(6)4(7,8)9/h1H3. The highest BCUT2D eigenvalue weighted by atomic mass is 35.5. The van der Waals surface area contributed by atoms with E-state index in [4.69, 9.17) is 23.2 Å². The lowest BCUT2D eigenvalue weighted by molar-refractivity contribution is -0.0848. The molecule has 0 fully saturated rings. The summed E-state index contributed by atoms with van der Waals surface area (Å²) in [7, 11) is 0. The maximum absolute atomic E-state index is 11.4. The average Bonchev–Trinajstić information content (AvgIpc) is 1.62. The van der Waals surface area contributed by atoms with Crippen molar-refractivity contribution in [3.63, 3.8) is 0 Å². The molecule has 0 atom stereocenters. The van der Waals surface area contributed by atoms with E-state index in [1.165, 1.54) is 0 Å². The summed E-state index contributed by atoms with van der Waals surface area (Å²) >= 11 is 9.66. The lowest BCUT2D eigenvalue weighted by atomic mass is 10.5. The molecule has 0 aliphatic carbocycles. The molecule has 0 heterocycles. The van der Waals surface area contributed by atoms with Crippen molar-refractivity contribution in [1.29, 1.82) is 0 Å². The average molecular weight is 179 g/mol. The minimum absolute atomic E-state index is 0.441. The number of hydrogen-bond donors (Lipinski definition) is 0. The SMILES string of the molecule is CC(Cl)=C(Cl)C(F)(F)F. The molecule has 0 aliphatic rings. The number of allylic oxidation sites excluding steroid dienone is 2. The molecule has 0 rings (SSSR count). The molecule has 0 aromatic carbocycles. The fourth-order valence-corrected chi connectivity index (χ4v) is 0.302. The molecule has 0 N–H and O–H groups in total. The Bertz CT molecular complexity index is 131. The summed E-state index contributed by atoms with van der Waals surface area (Å²) in [6.45, 7) is 1.08. The van der Waals surface area contributed by atoms with Crippen LogP contribution in [0.3, 0.4) is 0 Å². The van der Waals surface area contributed by atoms with Gasteiger partial charge in [0, 0.05) is 5.03 Å². The van der Waals surface area contributed by atoms with Crippen LogP contribution in [0.4, 0.5) is 13.2 Å². The monoisotopic (exact) mass is 178 g/mol. The van der Waals surface area contributed by atoms with Gasteiger partial charge in [-0.25, -0.2) is 0 Å². The molecule has 0 aromatic rings. The molecule has 0 spiro atoms. The van der Waals surface area contributed by atoms with Crippen LogP contribution in [-0.4, -0.2) is 6.18 Å². The first-order chi connectivity index (χ1) is 3.85. The van der Waals surface area contributed by atoms with Gasteiger partial charge >= 0.3 is 6.18 Å². The number of alkyl halides is 3. The van der Waals surface area contributed by atoms with Crippen molar-refractivity contribution in [3.05, 3.63) is 10.1 Å². The first-order valence-corrected chi connectivity index (χ1v) is 2.70. The topological polar surface area (TPSA) is 0 Å². The van der Waals surface area contributed by atoms with Crippen LogP contribution in [0, 0.1) is 0 Å². The van der Waals surface area contributed by atoms with Crippen molar-refractivity contribution in [2.75, 3.05) is 0 Å². The van der Waals surface area contributed by atoms with E-state index in [0.717, 1.165) is 6.92 Å². The van der Waals surface area contributed by atoms with E-state index in [9.17, 15) is 13.2 Å². The van der Waals surface area contributed by atoms with Gasteiger partial charge in [0.25, 0.3) is 0 Å². The molecule has 0 saturated heterocycles. The van der Waals surface area contributed by atoms with Crippen LogP contribution in [0.15, 0.2) is 10.1 Å². The first kappa shape index (κ1) is 9.11. The van der Waals surface area contributed by atoms with Crippen molar-refractivity contribution >= 4 is 23.2 Å².